The predicted molar refractivity (Wildman–Crippen MR) is 48.5 cm³/mol. The van der Waals surface area contributed by atoms with Crippen LogP contribution < -0.4 is 10.1 Å². The molecule has 3 heteroatoms. The maximum atomic E-state index is 5.20. The fraction of sp³-hybridized carbons (Fsp3) is 0.333. The molecule has 0 heterocycles. The second-order valence-electron chi connectivity index (χ2n) is 2.33. The van der Waals surface area contributed by atoms with Crippen molar-refractivity contribution in [2.24, 2.45) is 0 Å². The summed E-state index contributed by atoms with van der Waals surface area (Å²) in [7, 11) is 3.48. The smallest absolute Gasteiger partial charge is 0.188 e. The fourth-order valence-electron chi connectivity index (χ4n) is 0.845. The van der Waals surface area contributed by atoms with Gasteiger partial charge in [-0.05, 0) is 24.3 Å². The zero-order valence-electron chi connectivity index (χ0n) is 7.33. The van der Waals surface area contributed by atoms with Crippen LogP contribution in [-0.4, -0.2) is 21.0 Å². The number of hydrogen-bond donors (Lipinski definition) is 1. The van der Waals surface area contributed by atoms with E-state index in [9.17, 15) is 0 Å². The highest BCUT2D eigenvalue weighted by Crippen LogP contribution is 2.14. The van der Waals surface area contributed by atoms with Crippen LogP contribution >= 0.6 is 0 Å². The number of ether oxygens (including phenoxy) is 2. The highest BCUT2D eigenvalue weighted by Gasteiger charge is 1.91. The van der Waals surface area contributed by atoms with Crippen molar-refractivity contribution in [1.82, 2.24) is 0 Å². The van der Waals surface area contributed by atoms with Gasteiger partial charge in [-0.2, -0.15) is 0 Å². The van der Waals surface area contributed by atoms with Gasteiger partial charge in [-0.3, -0.25) is 0 Å². The number of hydrogen-bond acceptors (Lipinski definition) is 3. The van der Waals surface area contributed by atoms with Crippen molar-refractivity contribution in [2.45, 2.75) is 0 Å². The Kier molecular flexibility index (Phi) is 3.41. The van der Waals surface area contributed by atoms with Gasteiger partial charge in [0, 0.05) is 19.8 Å². The van der Waals surface area contributed by atoms with Crippen LogP contribution in [0.5, 0.6) is 5.75 Å². The topological polar surface area (TPSA) is 30.5 Å². The summed E-state index contributed by atoms with van der Waals surface area (Å²) in [5, 5.41) is 3.02. The van der Waals surface area contributed by atoms with E-state index in [1.165, 1.54) is 0 Å². The van der Waals surface area contributed by atoms with Crippen molar-refractivity contribution in [3.8, 4) is 5.75 Å². The molecule has 3 nitrogen and oxygen atoms in total. The molecule has 12 heavy (non-hydrogen) atoms. The van der Waals surface area contributed by atoms with Crippen molar-refractivity contribution >= 4 is 5.69 Å². The van der Waals surface area contributed by atoms with E-state index in [-0.39, 0.29) is 0 Å². The van der Waals surface area contributed by atoms with Gasteiger partial charge >= 0.3 is 0 Å². The Morgan fingerprint density at radius 3 is 2.42 bits per heavy atom. The minimum atomic E-state index is 0.291. The molecular weight excluding hydrogens is 154 g/mol. The normalized spacial score (nSPS) is 9.50. The molecule has 0 aliphatic carbocycles. The number of rotatable bonds is 4. The van der Waals surface area contributed by atoms with Gasteiger partial charge in [0.2, 0.25) is 0 Å². The van der Waals surface area contributed by atoms with Crippen LogP contribution in [0, 0.1) is 0 Å². The first-order valence-electron chi connectivity index (χ1n) is 3.76. The maximum Gasteiger partial charge on any atom is 0.188 e. The summed E-state index contributed by atoms with van der Waals surface area (Å²) in [6.45, 7) is 0.291. The Morgan fingerprint density at radius 1 is 1.25 bits per heavy atom. The lowest BCUT2D eigenvalue weighted by atomic mass is 10.3. The second kappa shape index (κ2) is 4.62. The lowest BCUT2D eigenvalue weighted by Crippen LogP contribution is -1.98. The average molecular weight is 167 g/mol. The van der Waals surface area contributed by atoms with Crippen LogP contribution in [0.3, 0.4) is 0 Å². The van der Waals surface area contributed by atoms with Crippen molar-refractivity contribution in [3.05, 3.63) is 24.3 Å². The van der Waals surface area contributed by atoms with Crippen LogP contribution in [0.25, 0.3) is 0 Å². The molecule has 0 radical (unpaired) electrons. The quantitative estimate of drug-likeness (QED) is 0.692. The van der Waals surface area contributed by atoms with Gasteiger partial charge in [0.15, 0.2) is 6.79 Å². The molecule has 0 unspecified atom stereocenters. The summed E-state index contributed by atoms with van der Waals surface area (Å²) in [6.07, 6.45) is 0. The molecule has 0 aliphatic heterocycles. The zero-order chi connectivity index (χ0) is 8.81. The first-order valence-corrected chi connectivity index (χ1v) is 3.76. The van der Waals surface area contributed by atoms with Crippen LogP contribution in [0.2, 0.25) is 0 Å². The van der Waals surface area contributed by atoms with Gasteiger partial charge in [-0.1, -0.05) is 0 Å². The lowest BCUT2D eigenvalue weighted by molar-refractivity contribution is 0.0511. The van der Waals surface area contributed by atoms with Crippen LogP contribution in [-0.2, 0) is 4.74 Å². The Labute approximate surface area is 72.3 Å². The van der Waals surface area contributed by atoms with E-state index in [1.807, 2.05) is 31.3 Å². The number of methoxy groups -OCH3 is 1. The molecule has 0 atom stereocenters. The van der Waals surface area contributed by atoms with E-state index < -0.39 is 0 Å². The molecule has 0 aliphatic rings. The first kappa shape index (κ1) is 8.87. The molecule has 1 aromatic carbocycles. The highest BCUT2D eigenvalue weighted by atomic mass is 16.7. The first-order chi connectivity index (χ1) is 5.86. The van der Waals surface area contributed by atoms with Gasteiger partial charge in [0.05, 0.1) is 0 Å². The van der Waals surface area contributed by atoms with E-state index in [1.54, 1.807) is 7.11 Å². The maximum absolute atomic E-state index is 5.20. The zero-order valence-corrected chi connectivity index (χ0v) is 7.33. The van der Waals surface area contributed by atoms with Crippen molar-refractivity contribution in [3.63, 3.8) is 0 Å². The summed E-state index contributed by atoms with van der Waals surface area (Å²) in [4.78, 5) is 0. The van der Waals surface area contributed by atoms with E-state index in [0.717, 1.165) is 11.4 Å². The predicted octanol–water partition coefficient (Wildman–Crippen LogP) is 1.71. The SMILES string of the molecule is CNc1ccc(OCOC)cc1. The molecule has 0 saturated carbocycles. The third kappa shape index (κ3) is 2.43. The Morgan fingerprint density at radius 2 is 1.92 bits per heavy atom. The van der Waals surface area contributed by atoms with Gasteiger partial charge in [-0.15, -0.1) is 0 Å². The summed E-state index contributed by atoms with van der Waals surface area (Å²) < 4.78 is 9.97. The Hall–Kier alpha value is -1.22. The third-order valence-electron chi connectivity index (χ3n) is 1.49. The standard InChI is InChI=1S/C9H13NO2/c1-10-8-3-5-9(6-4-8)12-7-11-2/h3-6,10H,7H2,1-2H3. The van der Waals surface area contributed by atoms with Crippen molar-refractivity contribution in [1.29, 1.82) is 0 Å². The number of nitrogens with one attached hydrogen (secondary N) is 1. The molecule has 0 aromatic heterocycles. The van der Waals surface area contributed by atoms with E-state index in [0.29, 0.717) is 6.79 Å². The molecule has 1 rings (SSSR count). The number of benzene rings is 1. The molecule has 0 bridgehead atoms. The molecule has 66 valence electrons. The highest BCUT2D eigenvalue weighted by molar-refractivity contribution is 5.45. The van der Waals surface area contributed by atoms with E-state index in [2.05, 4.69) is 5.32 Å². The van der Waals surface area contributed by atoms with E-state index >= 15 is 0 Å². The molecule has 0 amide bonds. The lowest BCUT2D eigenvalue weighted by Gasteiger charge is -2.05. The fourth-order valence-corrected chi connectivity index (χ4v) is 0.845. The summed E-state index contributed by atoms with van der Waals surface area (Å²) >= 11 is 0. The van der Waals surface area contributed by atoms with Gasteiger partial charge in [-0.25, -0.2) is 0 Å². The van der Waals surface area contributed by atoms with Gasteiger partial charge < -0.3 is 14.8 Å². The number of anilines is 1. The van der Waals surface area contributed by atoms with Crippen LogP contribution in [0.1, 0.15) is 0 Å². The molecule has 1 aromatic rings. The molecular formula is C9H13NO2. The van der Waals surface area contributed by atoms with E-state index in [4.69, 9.17) is 9.47 Å². The monoisotopic (exact) mass is 167 g/mol. The Bertz CT molecular complexity index is 220. The van der Waals surface area contributed by atoms with Gasteiger partial charge in [0.25, 0.3) is 0 Å². The molecule has 0 spiro atoms. The molecule has 0 saturated heterocycles. The summed E-state index contributed by atoms with van der Waals surface area (Å²) in [6, 6.07) is 7.69. The summed E-state index contributed by atoms with van der Waals surface area (Å²) in [5.74, 6) is 0.816. The van der Waals surface area contributed by atoms with Crippen LogP contribution in [0.4, 0.5) is 5.69 Å². The third-order valence-corrected chi connectivity index (χ3v) is 1.49. The van der Waals surface area contributed by atoms with Crippen molar-refractivity contribution < 1.29 is 9.47 Å². The second-order valence-corrected chi connectivity index (χ2v) is 2.33. The minimum absolute atomic E-state index is 0.291. The largest absolute Gasteiger partial charge is 0.468 e. The molecule has 0 fully saturated rings. The molecule has 1 N–H and O–H groups in total. The van der Waals surface area contributed by atoms with Gasteiger partial charge in [0.1, 0.15) is 5.75 Å². The Balaban J connectivity index is 2.53. The average Bonchev–Trinajstić information content (AvgIpc) is 2.15. The summed E-state index contributed by atoms with van der Waals surface area (Å²) in [5.41, 5.74) is 1.07. The van der Waals surface area contributed by atoms with Crippen molar-refractivity contribution in [2.75, 3.05) is 26.3 Å². The minimum Gasteiger partial charge on any atom is -0.468 e. The van der Waals surface area contributed by atoms with Crippen LogP contribution in [0.15, 0.2) is 24.3 Å².